The molecular weight excluding hydrogens is 348 g/mol. The average molecular weight is 363 g/mol. The molecule has 0 radical (unpaired) electrons. The van der Waals surface area contributed by atoms with E-state index in [0.29, 0.717) is 11.1 Å². The first-order valence-corrected chi connectivity index (χ1v) is 7.51. The Morgan fingerprint density at radius 3 is 2.46 bits per heavy atom. The van der Waals surface area contributed by atoms with Gasteiger partial charge in [0, 0.05) is 26.7 Å². The lowest BCUT2D eigenvalue weighted by Gasteiger charge is -2.10. The normalized spacial score (nSPS) is 11.2. The van der Waals surface area contributed by atoms with Gasteiger partial charge in [-0.3, -0.25) is 4.57 Å². The van der Waals surface area contributed by atoms with E-state index in [1.165, 1.54) is 61.1 Å². The zero-order valence-corrected chi connectivity index (χ0v) is 14.2. The fourth-order valence-corrected chi connectivity index (χ4v) is 2.41. The van der Waals surface area contributed by atoms with E-state index in [4.69, 9.17) is 0 Å². The molecule has 0 aliphatic heterocycles. The molecule has 0 aliphatic carbocycles. The van der Waals surface area contributed by atoms with E-state index in [0.717, 1.165) is 4.57 Å². The number of aryl methyl sites for hydroxylation is 1. The first-order valence-electron chi connectivity index (χ1n) is 7.51. The van der Waals surface area contributed by atoms with Crippen LogP contribution in [0.1, 0.15) is 0 Å². The summed E-state index contributed by atoms with van der Waals surface area (Å²) in [5.41, 5.74) is 0.542. The standard InChI is InChI=1S/C16H15F2N5O3/c1-21(2)15(24)23-13-11(22(3)16(23)25)8-19-12(20-13)9-4-6-10(7-5-9)26-14(17)18/h4-8,14H,1-3H3. The maximum atomic E-state index is 12.4. The molecule has 136 valence electrons. The number of halogens is 2. The average Bonchev–Trinajstić information content (AvgIpc) is 2.85. The highest BCUT2D eigenvalue weighted by atomic mass is 19.3. The van der Waals surface area contributed by atoms with Crippen molar-refractivity contribution >= 4 is 17.2 Å². The third-order valence-corrected chi connectivity index (χ3v) is 3.71. The van der Waals surface area contributed by atoms with Crippen LogP contribution in [0, 0.1) is 0 Å². The van der Waals surface area contributed by atoms with Gasteiger partial charge in [0.15, 0.2) is 11.5 Å². The molecule has 0 atom stereocenters. The van der Waals surface area contributed by atoms with Crippen molar-refractivity contribution < 1.29 is 18.3 Å². The predicted molar refractivity (Wildman–Crippen MR) is 89.3 cm³/mol. The second kappa shape index (κ2) is 6.54. The smallest absolute Gasteiger partial charge is 0.387 e. The number of ether oxygens (including phenoxy) is 1. The summed E-state index contributed by atoms with van der Waals surface area (Å²) in [6, 6.07) is 5.21. The van der Waals surface area contributed by atoms with Gasteiger partial charge in [-0.2, -0.15) is 13.3 Å². The number of hydrogen-bond acceptors (Lipinski definition) is 5. The summed E-state index contributed by atoms with van der Waals surface area (Å²) < 4.78 is 31.0. The van der Waals surface area contributed by atoms with Crippen LogP contribution in [-0.2, 0) is 7.05 Å². The Labute approximate surface area is 146 Å². The fraction of sp³-hybridized carbons (Fsp3) is 0.250. The molecule has 0 N–H and O–H groups in total. The summed E-state index contributed by atoms with van der Waals surface area (Å²) in [6.07, 6.45) is 1.43. The van der Waals surface area contributed by atoms with Crippen LogP contribution in [0.5, 0.6) is 5.75 Å². The first-order chi connectivity index (χ1) is 12.3. The van der Waals surface area contributed by atoms with Crippen LogP contribution < -0.4 is 10.4 Å². The second-order valence-electron chi connectivity index (χ2n) is 5.66. The van der Waals surface area contributed by atoms with Crippen LogP contribution in [0.4, 0.5) is 13.6 Å². The van der Waals surface area contributed by atoms with Gasteiger partial charge in [-0.1, -0.05) is 0 Å². The number of hydrogen-bond donors (Lipinski definition) is 0. The van der Waals surface area contributed by atoms with Crippen molar-refractivity contribution in [3.63, 3.8) is 0 Å². The van der Waals surface area contributed by atoms with Crippen molar-refractivity contribution in [3.8, 4) is 17.1 Å². The molecule has 0 bridgehead atoms. The lowest BCUT2D eigenvalue weighted by atomic mass is 10.2. The first kappa shape index (κ1) is 17.5. The Morgan fingerprint density at radius 1 is 1.23 bits per heavy atom. The monoisotopic (exact) mass is 363 g/mol. The number of amides is 1. The number of alkyl halides is 2. The van der Waals surface area contributed by atoms with Gasteiger partial charge in [0.1, 0.15) is 11.3 Å². The molecule has 0 saturated carbocycles. The highest BCUT2D eigenvalue weighted by Gasteiger charge is 2.20. The van der Waals surface area contributed by atoms with Gasteiger partial charge in [-0.15, -0.1) is 0 Å². The van der Waals surface area contributed by atoms with Gasteiger partial charge in [0.05, 0.1) is 6.20 Å². The molecule has 8 nitrogen and oxygen atoms in total. The van der Waals surface area contributed by atoms with Crippen molar-refractivity contribution in [3.05, 3.63) is 40.9 Å². The minimum absolute atomic E-state index is 0.00392. The molecule has 1 amide bonds. The number of rotatable bonds is 3. The van der Waals surface area contributed by atoms with Gasteiger partial charge < -0.3 is 9.64 Å². The number of carbonyl (C=O) groups is 1. The molecule has 1 aromatic carbocycles. The van der Waals surface area contributed by atoms with E-state index >= 15 is 0 Å². The van der Waals surface area contributed by atoms with E-state index in [2.05, 4.69) is 14.7 Å². The van der Waals surface area contributed by atoms with E-state index in [1.54, 1.807) is 0 Å². The molecule has 3 rings (SSSR count). The molecule has 0 spiro atoms. The number of imidazole rings is 1. The van der Waals surface area contributed by atoms with Crippen molar-refractivity contribution in [2.45, 2.75) is 6.61 Å². The number of fused-ring (bicyclic) bond motifs is 1. The summed E-state index contributed by atoms with van der Waals surface area (Å²) >= 11 is 0. The third kappa shape index (κ3) is 3.01. The molecule has 10 heteroatoms. The summed E-state index contributed by atoms with van der Waals surface area (Å²) in [4.78, 5) is 34.4. The summed E-state index contributed by atoms with van der Waals surface area (Å²) in [5.74, 6) is 0.247. The highest BCUT2D eigenvalue weighted by molar-refractivity contribution is 5.87. The Hall–Kier alpha value is -3.30. The highest BCUT2D eigenvalue weighted by Crippen LogP contribution is 2.22. The lowest BCUT2D eigenvalue weighted by Crippen LogP contribution is -2.35. The molecule has 2 aromatic heterocycles. The number of aromatic nitrogens is 4. The fourth-order valence-electron chi connectivity index (χ4n) is 2.41. The van der Waals surface area contributed by atoms with Gasteiger partial charge in [-0.25, -0.2) is 19.6 Å². The van der Waals surface area contributed by atoms with Crippen LogP contribution >= 0.6 is 0 Å². The van der Waals surface area contributed by atoms with Crippen LogP contribution in [-0.4, -0.2) is 50.7 Å². The van der Waals surface area contributed by atoms with E-state index < -0.39 is 18.3 Å². The molecule has 3 aromatic rings. The van der Waals surface area contributed by atoms with Crippen LogP contribution in [0.25, 0.3) is 22.6 Å². The van der Waals surface area contributed by atoms with Crippen molar-refractivity contribution in [1.82, 2.24) is 24.0 Å². The third-order valence-electron chi connectivity index (χ3n) is 3.71. The molecule has 0 aliphatic rings. The van der Waals surface area contributed by atoms with Crippen LogP contribution in [0.2, 0.25) is 0 Å². The largest absolute Gasteiger partial charge is 0.435 e. The van der Waals surface area contributed by atoms with Crippen LogP contribution in [0.3, 0.4) is 0 Å². The zero-order valence-electron chi connectivity index (χ0n) is 14.2. The SMILES string of the molecule is CN(C)C(=O)n1c(=O)n(C)c2cnc(-c3ccc(OC(F)F)cc3)nc21. The van der Waals surface area contributed by atoms with E-state index in [1.807, 2.05) is 0 Å². The zero-order chi connectivity index (χ0) is 19.0. The van der Waals surface area contributed by atoms with Gasteiger partial charge in [0.25, 0.3) is 0 Å². The molecule has 2 heterocycles. The Bertz CT molecular complexity index is 1020. The lowest BCUT2D eigenvalue weighted by molar-refractivity contribution is -0.0498. The summed E-state index contributed by atoms with van der Waals surface area (Å²) in [5, 5.41) is 0. The predicted octanol–water partition coefficient (Wildman–Crippen LogP) is 1.93. The van der Waals surface area contributed by atoms with E-state index in [-0.39, 0.29) is 17.2 Å². The van der Waals surface area contributed by atoms with Gasteiger partial charge >= 0.3 is 18.3 Å². The Kier molecular flexibility index (Phi) is 4.41. The van der Waals surface area contributed by atoms with Crippen molar-refractivity contribution in [2.75, 3.05) is 14.1 Å². The van der Waals surface area contributed by atoms with E-state index in [9.17, 15) is 18.4 Å². The molecule has 0 fully saturated rings. The molecule has 0 saturated heterocycles. The second-order valence-corrected chi connectivity index (χ2v) is 5.66. The number of benzene rings is 1. The van der Waals surface area contributed by atoms with Crippen LogP contribution in [0.15, 0.2) is 35.3 Å². The Balaban J connectivity index is 2.10. The Morgan fingerprint density at radius 2 is 1.88 bits per heavy atom. The summed E-state index contributed by atoms with van der Waals surface area (Å²) in [7, 11) is 4.57. The maximum Gasteiger partial charge on any atom is 0.387 e. The molecule has 26 heavy (non-hydrogen) atoms. The van der Waals surface area contributed by atoms with Crippen molar-refractivity contribution in [1.29, 1.82) is 0 Å². The van der Waals surface area contributed by atoms with Crippen molar-refractivity contribution in [2.24, 2.45) is 7.05 Å². The minimum atomic E-state index is -2.91. The topological polar surface area (TPSA) is 82.2 Å². The van der Waals surface area contributed by atoms with Gasteiger partial charge in [-0.05, 0) is 24.3 Å². The molecule has 0 unspecified atom stereocenters. The number of nitrogens with zero attached hydrogens (tertiary/aromatic N) is 5. The number of carbonyl (C=O) groups excluding carboxylic acids is 1. The summed E-state index contributed by atoms with van der Waals surface area (Å²) in [6.45, 7) is -2.91. The maximum absolute atomic E-state index is 12.4. The minimum Gasteiger partial charge on any atom is -0.435 e. The van der Waals surface area contributed by atoms with Gasteiger partial charge in [0.2, 0.25) is 0 Å². The quantitative estimate of drug-likeness (QED) is 0.710. The molecular formula is C16H15F2N5O3.